The van der Waals surface area contributed by atoms with E-state index in [1.54, 1.807) is 24.3 Å². The highest BCUT2D eigenvalue weighted by Gasteiger charge is 2.28. The normalized spacial score (nSPS) is 10.3. The Morgan fingerprint density at radius 1 is 1.21 bits per heavy atom. The number of halogens is 3. The molecule has 0 saturated heterocycles. The zero-order valence-corrected chi connectivity index (χ0v) is 12.3. The molecule has 0 atom stereocenters. The molecule has 0 fully saturated rings. The first-order valence-corrected chi connectivity index (χ1v) is 6.58. The Labute approximate surface area is 134 Å². The average Bonchev–Trinajstić information content (AvgIpc) is 2.57. The van der Waals surface area contributed by atoms with Crippen LogP contribution < -0.4 is 10.1 Å². The molecule has 2 rings (SSSR count). The second-order valence-corrected chi connectivity index (χ2v) is 4.64. The summed E-state index contributed by atoms with van der Waals surface area (Å²) in [7, 11) is 1.42. The summed E-state index contributed by atoms with van der Waals surface area (Å²) < 4.78 is 45.5. The van der Waals surface area contributed by atoms with Crippen LogP contribution in [0.25, 0.3) is 0 Å². The number of benzene rings is 2. The zero-order valence-electron chi connectivity index (χ0n) is 12.3. The summed E-state index contributed by atoms with van der Waals surface area (Å²) in [5, 5.41) is 12.9. The molecule has 0 aliphatic carbocycles. The van der Waals surface area contributed by atoms with Gasteiger partial charge in [-0.1, -0.05) is 18.2 Å². The third-order valence-corrected chi connectivity index (χ3v) is 3.20. The Kier molecular flexibility index (Phi) is 5.02. The van der Waals surface area contributed by atoms with Crippen molar-refractivity contribution in [2.75, 3.05) is 7.11 Å². The number of nitro benzene ring substituents is 1. The van der Waals surface area contributed by atoms with Crippen LogP contribution in [0.15, 0.2) is 30.3 Å². The summed E-state index contributed by atoms with van der Waals surface area (Å²) in [6.45, 7) is -0.102. The topological polar surface area (TPSA) is 81.5 Å². The zero-order chi connectivity index (χ0) is 17.9. The van der Waals surface area contributed by atoms with E-state index in [2.05, 4.69) is 5.32 Å². The molecule has 9 heteroatoms. The number of hydrogen-bond donors (Lipinski definition) is 1. The Hall–Kier alpha value is -3.10. The lowest BCUT2D eigenvalue weighted by Crippen LogP contribution is -2.25. The number of hydrogen-bond acceptors (Lipinski definition) is 4. The molecule has 1 N–H and O–H groups in total. The van der Waals surface area contributed by atoms with E-state index in [0.717, 1.165) is 0 Å². The molecule has 0 radical (unpaired) electrons. The predicted molar refractivity (Wildman–Crippen MR) is 77.1 cm³/mol. The summed E-state index contributed by atoms with van der Waals surface area (Å²) in [6, 6.07) is 6.98. The lowest BCUT2D eigenvalue weighted by atomic mass is 10.1. The Morgan fingerprint density at radius 2 is 1.88 bits per heavy atom. The van der Waals surface area contributed by atoms with E-state index in [-0.39, 0.29) is 6.54 Å². The quantitative estimate of drug-likeness (QED) is 0.515. The molecule has 0 aliphatic rings. The van der Waals surface area contributed by atoms with E-state index in [9.17, 15) is 28.1 Å². The van der Waals surface area contributed by atoms with Crippen LogP contribution in [0, 0.1) is 27.6 Å². The summed E-state index contributed by atoms with van der Waals surface area (Å²) in [6.07, 6.45) is 0. The molecule has 2 aromatic rings. The molecule has 6 nitrogen and oxygen atoms in total. The molecule has 0 aliphatic heterocycles. The van der Waals surface area contributed by atoms with Crippen molar-refractivity contribution in [3.05, 3.63) is 69.0 Å². The molecule has 0 bridgehead atoms. The van der Waals surface area contributed by atoms with Crippen molar-refractivity contribution in [3.63, 3.8) is 0 Å². The van der Waals surface area contributed by atoms with Gasteiger partial charge >= 0.3 is 5.69 Å². The summed E-state index contributed by atoms with van der Waals surface area (Å²) >= 11 is 0. The highest BCUT2D eigenvalue weighted by atomic mass is 19.2. The van der Waals surface area contributed by atoms with Crippen molar-refractivity contribution < 1.29 is 27.6 Å². The molecule has 0 saturated carbocycles. The van der Waals surface area contributed by atoms with Crippen LogP contribution >= 0.6 is 0 Å². The van der Waals surface area contributed by atoms with Crippen molar-refractivity contribution in [3.8, 4) is 5.75 Å². The first-order valence-electron chi connectivity index (χ1n) is 6.58. The van der Waals surface area contributed by atoms with Crippen molar-refractivity contribution in [2.24, 2.45) is 0 Å². The van der Waals surface area contributed by atoms with Crippen molar-refractivity contribution in [1.29, 1.82) is 0 Å². The number of para-hydroxylation sites is 1. The third-order valence-electron chi connectivity index (χ3n) is 3.20. The van der Waals surface area contributed by atoms with Gasteiger partial charge in [0.15, 0.2) is 5.82 Å². The smallest absolute Gasteiger partial charge is 0.308 e. The number of methoxy groups -OCH3 is 1. The maximum atomic E-state index is 13.7. The second-order valence-electron chi connectivity index (χ2n) is 4.64. The fourth-order valence-electron chi connectivity index (χ4n) is 2.01. The van der Waals surface area contributed by atoms with Crippen LogP contribution in [0.2, 0.25) is 0 Å². The Bertz CT molecular complexity index is 812. The largest absolute Gasteiger partial charge is 0.496 e. The number of nitrogens with zero attached hydrogens (tertiary/aromatic N) is 1. The van der Waals surface area contributed by atoms with Crippen molar-refractivity contribution in [2.45, 2.75) is 6.54 Å². The Balaban J connectivity index is 2.28. The van der Waals surface area contributed by atoms with Gasteiger partial charge in [-0.2, -0.15) is 4.39 Å². The monoisotopic (exact) mass is 340 g/mol. The van der Waals surface area contributed by atoms with E-state index < -0.39 is 39.5 Å². The van der Waals surface area contributed by atoms with Gasteiger partial charge in [0.05, 0.1) is 17.6 Å². The van der Waals surface area contributed by atoms with Crippen molar-refractivity contribution in [1.82, 2.24) is 5.32 Å². The van der Waals surface area contributed by atoms with Gasteiger partial charge in [-0.3, -0.25) is 14.9 Å². The van der Waals surface area contributed by atoms with Crippen LogP contribution in [-0.4, -0.2) is 17.9 Å². The van der Waals surface area contributed by atoms with Gasteiger partial charge in [0.2, 0.25) is 11.6 Å². The van der Waals surface area contributed by atoms with Gasteiger partial charge in [-0.05, 0) is 6.07 Å². The number of rotatable bonds is 5. The molecular weight excluding hydrogens is 329 g/mol. The van der Waals surface area contributed by atoms with Crippen LogP contribution in [0.1, 0.15) is 15.9 Å². The Morgan fingerprint density at radius 3 is 2.50 bits per heavy atom. The van der Waals surface area contributed by atoms with E-state index in [1.165, 1.54) is 7.11 Å². The minimum atomic E-state index is -2.08. The van der Waals surface area contributed by atoms with Gasteiger partial charge < -0.3 is 10.1 Å². The fourth-order valence-corrected chi connectivity index (χ4v) is 2.01. The average molecular weight is 340 g/mol. The molecule has 0 spiro atoms. The molecule has 0 aromatic heterocycles. The van der Waals surface area contributed by atoms with E-state index >= 15 is 0 Å². The number of carbonyl (C=O) groups is 1. The van der Waals surface area contributed by atoms with E-state index in [4.69, 9.17) is 4.74 Å². The number of carbonyl (C=O) groups excluding carboxylic acids is 1. The minimum Gasteiger partial charge on any atom is -0.496 e. The third kappa shape index (κ3) is 3.29. The summed E-state index contributed by atoms with van der Waals surface area (Å²) in [4.78, 5) is 21.4. The van der Waals surface area contributed by atoms with Crippen LogP contribution in [-0.2, 0) is 6.54 Å². The molecular formula is C15H11F3N2O4. The molecule has 24 heavy (non-hydrogen) atoms. The highest BCUT2D eigenvalue weighted by molar-refractivity contribution is 5.95. The van der Waals surface area contributed by atoms with E-state index in [1.807, 2.05) is 0 Å². The lowest BCUT2D eigenvalue weighted by Gasteiger charge is -2.10. The van der Waals surface area contributed by atoms with Gasteiger partial charge in [0, 0.05) is 18.2 Å². The highest BCUT2D eigenvalue weighted by Crippen LogP contribution is 2.25. The molecule has 0 unspecified atom stereocenters. The predicted octanol–water partition coefficient (Wildman–Crippen LogP) is 2.95. The van der Waals surface area contributed by atoms with Gasteiger partial charge in [-0.15, -0.1) is 0 Å². The van der Waals surface area contributed by atoms with Gasteiger partial charge in [0.25, 0.3) is 5.91 Å². The maximum Gasteiger partial charge on any atom is 0.308 e. The number of amides is 1. The van der Waals surface area contributed by atoms with Crippen LogP contribution in [0.3, 0.4) is 0 Å². The first-order chi connectivity index (χ1) is 11.4. The molecule has 1 amide bonds. The summed E-state index contributed by atoms with van der Waals surface area (Å²) in [5.41, 5.74) is -1.74. The van der Waals surface area contributed by atoms with Crippen molar-refractivity contribution >= 4 is 11.6 Å². The van der Waals surface area contributed by atoms with Crippen LogP contribution in [0.4, 0.5) is 18.9 Å². The number of nitro groups is 1. The first kappa shape index (κ1) is 17.3. The molecule has 0 heterocycles. The second kappa shape index (κ2) is 6.99. The maximum absolute atomic E-state index is 13.7. The fraction of sp³-hybridized carbons (Fsp3) is 0.133. The summed E-state index contributed by atoms with van der Waals surface area (Å²) in [5.74, 6) is -6.50. The lowest BCUT2D eigenvalue weighted by molar-refractivity contribution is -0.387. The number of ether oxygens (including phenoxy) is 1. The molecule has 2 aromatic carbocycles. The van der Waals surface area contributed by atoms with Gasteiger partial charge in [-0.25, -0.2) is 8.78 Å². The molecule has 126 valence electrons. The SMILES string of the molecule is COc1ccccc1CNC(=O)c1cc([N+](=O)[O-])c(F)c(F)c1F. The minimum absolute atomic E-state index is 0.102. The van der Waals surface area contributed by atoms with Gasteiger partial charge in [0.1, 0.15) is 5.75 Å². The standard InChI is InChI=1S/C15H11F3N2O4/c1-24-11-5-3-2-4-8(11)7-19-15(21)9-6-10(20(22)23)13(17)14(18)12(9)16/h2-6H,7H2,1H3,(H,19,21). The van der Waals surface area contributed by atoms with Crippen LogP contribution in [0.5, 0.6) is 5.75 Å². The number of nitrogens with one attached hydrogen (secondary N) is 1. The van der Waals surface area contributed by atoms with E-state index in [0.29, 0.717) is 17.4 Å².